The van der Waals surface area contributed by atoms with Gasteiger partial charge in [0.25, 0.3) is 0 Å². The molecule has 6 heteroatoms. The van der Waals surface area contributed by atoms with E-state index in [-0.39, 0.29) is 0 Å². The van der Waals surface area contributed by atoms with Crippen LogP contribution in [-0.2, 0) is 0 Å². The summed E-state index contributed by atoms with van der Waals surface area (Å²) in [4.78, 5) is 11.8. The van der Waals surface area contributed by atoms with Crippen LogP contribution in [0.5, 0.6) is 0 Å². The summed E-state index contributed by atoms with van der Waals surface area (Å²) in [6.07, 6.45) is 6.40. The summed E-state index contributed by atoms with van der Waals surface area (Å²) in [5.74, 6) is 3.94. The minimum Gasteiger partial charge on any atom is -0.356 e. The van der Waals surface area contributed by atoms with Crippen LogP contribution in [0.15, 0.2) is 42.5 Å². The molecule has 2 N–H and O–H groups in total. The van der Waals surface area contributed by atoms with Crippen molar-refractivity contribution in [1.29, 1.82) is 0 Å². The van der Waals surface area contributed by atoms with Crippen LogP contribution >= 0.6 is 0 Å². The number of aryl methyl sites for hydroxylation is 1. The lowest BCUT2D eigenvalue weighted by molar-refractivity contribution is 0.436. The molecular formula is C22H26N6. The summed E-state index contributed by atoms with van der Waals surface area (Å²) < 4.78 is 0. The van der Waals surface area contributed by atoms with E-state index in [1.807, 2.05) is 49.4 Å². The van der Waals surface area contributed by atoms with Gasteiger partial charge in [-0.2, -0.15) is 5.10 Å². The molecule has 0 aliphatic carbocycles. The van der Waals surface area contributed by atoms with Crippen LogP contribution in [0.25, 0.3) is 12.2 Å². The van der Waals surface area contributed by atoms with Crippen molar-refractivity contribution in [3.63, 3.8) is 0 Å². The van der Waals surface area contributed by atoms with Gasteiger partial charge in [0.05, 0.1) is 0 Å². The maximum atomic E-state index is 4.80. The average molecular weight is 374 g/mol. The maximum absolute atomic E-state index is 4.80. The first kappa shape index (κ1) is 18.2. The highest BCUT2D eigenvalue weighted by Crippen LogP contribution is 2.25. The number of anilines is 3. The molecule has 0 bridgehead atoms. The zero-order valence-corrected chi connectivity index (χ0v) is 16.4. The third-order valence-corrected chi connectivity index (χ3v) is 5.02. The van der Waals surface area contributed by atoms with Gasteiger partial charge in [0.15, 0.2) is 11.6 Å². The summed E-state index contributed by atoms with van der Waals surface area (Å²) in [5.41, 5.74) is 2.13. The highest BCUT2D eigenvalue weighted by Gasteiger charge is 2.18. The Balaban J connectivity index is 1.62. The lowest BCUT2D eigenvalue weighted by Crippen LogP contribution is -2.33. The van der Waals surface area contributed by atoms with Crippen molar-refractivity contribution < 1.29 is 0 Å². The van der Waals surface area contributed by atoms with Crippen LogP contribution in [0.1, 0.15) is 36.8 Å². The van der Waals surface area contributed by atoms with Gasteiger partial charge in [-0.3, -0.25) is 5.10 Å². The molecule has 0 atom stereocenters. The smallest absolute Gasteiger partial charge is 0.156 e. The monoisotopic (exact) mass is 374 g/mol. The number of piperidine rings is 1. The number of aromatic nitrogens is 4. The fraction of sp³-hybridized carbons (Fsp3) is 0.318. The van der Waals surface area contributed by atoms with E-state index in [1.54, 1.807) is 0 Å². The van der Waals surface area contributed by atoms with Gasteiger partial charge in [0.2, 0.25) is 0 Å². The number of nitrogens with one attached hydrogen (secondary N) is 2. The number of rotatable bonds is 5. The van der Waals surface area contributed by atoms with Crippen LogP contribution < -0.4 is 10.2 Å². The molecule has 28 heavy (non-hydrogen) atoms. The Morgan fingerprint density at radius 3 is 2.54 bits per heavy atom. The lowest BCUT2D eigenvalue weighted by atomic mass is 9.99. The van der Waals surface area contributed by atoms with Gasteiger partial charge < -0.3 is 10.2 Å². The van der Waals surface area contributed by atoms with E-state index >= 15 is 0 Å². The first-order chi connectivity index (χ1) is 13.7. The Labute approximate surface area is 165 Å². The van der Waals surface area contributed by atoms with E-state index in [2.05, 4.69) is 44.5 Å². The summed E-state index contributed by atoms with van der Waals surface area (Å²) in [6.45, 7) is 6.35. The number of hydrogen-bond acceptors (Lipinski definition) is 5. The molecule has 0 spiro atoms. The molecular weight excluding hydrogens is 348 g/mol. The summed E-state index contributed by atoms with van der Waals surface area (Å²) in [5, 5.41) is 10.5. The van der Waals surface area contributed by atoms with Crippen molar-refractivity contribution in [2.24, 2.45) is 5.92 Å². The standard InChI is InChI=1S/C22H26N6/c1-16-10-12-28(13-11-16)22-15-20(24-21-14-17(2)26-27-21)23-19(25-22)9-8-18-6-4-3-5-7-18/h3-9,14-16H,10-13H2,1-2H3,(H2,23,24,25,26,27)/b9-8+. The zero-order valence-electron chi connectivity index (χ0n) is 16.4. The zero-order chi connectivity index (χ0) is 19.3. The largest absolute Gasteiger partial charge is 0.356 e. The molecule has 1 aromatic carbocycles. The Morgan fingerprint density at radius 2 is 1.82 bits per heavy atom. The van der Waals surface area contributed by atoms with Crippen molar-refractivity contribution in [3.8, 4) is 0 Å². The number of H-pyrrole nitrogens is 1. The molecule has 1 aliphatic heterocycles. The second-order valence-electron chi connectivity index (χ2n) is 7.44. The molecule has 0 unspecified atom stereocenters. The fourth-order valence-electron chi connectivity index (χ4n) is 3.34. The molecule has 3 aromatic rings. The van der Waals surface area contributed by atoms with E-state index in [0.717, 1.165) is 47.7 Å². The predicted molar refractivity (Wildman–Crippen MR) is 115 cm³/mol. The Kier molecular flexibility index (Phi) is 5.37. The van der Waals surface area contributed by atoms with Crippen molar-refractivity contribution >= 4 is 29.6 Å². The van der Waals surface area contributed by atoms with Crippen molar-refractivity contribution in [2.75, 3.05) is 23.3 Å². The van der Waals surface area contributed by atoms with Gasteiger partial charge in [-0.05, 0) is 37.3 Å². The Bertz CT molecular complexity index is 939. The number of aromatic amines is 1. The highest BCUT2D eigenvalue weighted by atomic mass is 15.2. The molecule has 3 heterocycles. The lowest BCUT2D eigenvalue weighted by Gasteiger charge is -2.31. The van der Waals surface area contributed by atoms with E-state index in [4.69, 9.17) is 4.98 Å². The van der Waals surface area contributed by atoms with Gasteiger partial charge in [0, 0.05) is 30.9 Å². The van der Waals surface area contributed by atoms with Crippen molar-refractivity contribution in [2.45, 2.75) is 26.7 Å². The normalized spacial score (nSPS) is 15.3. The van der Waals surface area contributed by atoms with E-state index in [0.29, 0.717) is 5.82 Å². The third-order valence-electron chi connectivity index (χ3n) is 5.02. The van der Waals surface area contributed by atoms with Crippen molar-refractivity contribution in [1.82, 2.24) is 20.2 Å². The molecule has 6 nitrogen and oxygen atoms in total. The van der Waals surface area contributed by atoms with Crippen LogP contribution in [0, 0.1) is 12.8 Å². The molecule has 0 radical (unpaired) electrons. The van der Waals surface area contributed by atoms with Gasteiger partial charge in [-0.1, -0.05) is 43.3 Å². The molecule has 0 saturated carbocycles. The number of nitrogens with zero attached hydrogens (tertiary/aromatic N) is 4. The first-order valence-electron chi connectivity index (χ1n) is 9.82. The number of benzene rings is 1. The van der Waals surface area contributed by atoms with E-state index in [1.165, 1.54) is 12.8 Å². The number of hydrogen-bond donors (Lipinski definition) is 2. The summed E-state index contributed by atoms with van der Waals surface area (Å²) in [7, 11) is 0. The van der Waals surface area contributed by atoms with Crippen LogP contribution in [0.2, 0.25) is 0 Å². The topological polar surface area (TPSA) is 69.7 Å². The Hall–Kier alpha value is -3.15. The van der Waals surface area contributed by atoms with Crippen LogP contribution in [0.4, 0.5) is 17.5 Å². The van der Waals surface area contributed by atoms with Crippen LogP contribution in [-0.4, -0.2) is 33.3 Å². The van der Waals surface area contributed by atoms with Gasteiger partial charge in [0.1, 0.15) is 11.6 Å². The summed E-state index contributed by atoms with van der Waals surface area (Å²) in [6, 6.07) is 14.2. The van der Waals surface area contributed by atoms with E-state index in [9.17, 15) is 0 Å². The SMILES string of the molecule is Cc1cc(Nc2cc(N3CCC(C)CC3)nc(/C=C/c3ccccc3)n2)n[nH]1. The summed E-state index contributed by atoms with van der Waals surface area (Å²) >= 11 is 0. The minimum atomic E-state index is 0.690. The van der Waals surface area contributed by atoms with E-state index < -0.39 is 0 Å². The van der Waals surface area contributed by atoms with Gasteiger partial charge in [-0.15, -0.1) is 0 Å². The Morgan fingerprint density at radius 1 is 1.04 bits per heavy atom. The fourth-order valence-corrected chi connectivity index (χ4v) is 3.34. The van der Waals surface area contributed by atoms with Gasteiger partial charge in [-0.25, -0.2) is 9.97 Å². The molecule has 4 rings (SSSR count). The second-order valence-corrected chi connectivity index (χ2v) is 7.44. The average Bonchev–Trinajstić information content (AvgIpc) is 3.12. The maximum Gasteiger partial charge on any atom is 0.156 e. The highest BCUT2D eigenvalue weighted by molar-refractivity contribution is 5.69. The molecule has 1 aliphatic rings. The molecule has 1 saturated heterocycles. The minimum absolute atomic E-state index is 0.690. The molecule has 1 fully saturated rings. The quantitative estimate of drug-likeness (QED) is 0.680. The first-order valence-corrected chi connectivity index (χ1v) is 9.82. The molecule has 2 aromatic heterocycles. The van der Waals surface area contributed by atoms with Gasteiger partial charge >= 0.3 is 0 Å². The third kappa shape index (κ3) is 4.57. The van der Waals surface area contributed by atoms with Crippen molar-refractivity contribution in [3.05, 3.63) is 59.5 Å². The second kappa shape index (κ2) is 8.25. The van der Waals surface area contributed by atoms with Crippen LogP contribution in [0.3, 0.4) is 0 Å². The molecule has 144 valence electrons. The predicted octanol–water partition coefficient (Wildman–Crippen LogP) is 4.66. The molecule has 0 amide bonds.